The normalized spacial score (nSPS) is 11.6. The first-order valence-corrected chi connectivity index (χ1v) is 6.56. The van der Waals surface area contributed by atoms with E-state index in [-0.39, 0.29) is 0 Å². The lowest BCUT2D eigenvalue weighted by Crippen LogP contribution is -2.02. The van der Waals surface area contributed by atoms with E-state index < -0.39 is 9.84 Å². The lowest BCUT2D eigenvalue weighted by molar-refractivity contribution is 0.601. The van der Waals surface area contributed by atoms with Crippen LogP contribution in [0.5, 0.6) is 0 Å². The molecule has 0 spiro atoms. The van der Waals surface area contributed by atoms with E-state index in [0.717, 1.165) is 24.1 Å². The molecule has 0 aliphatic carbocycles. The minimum Gasteiger partial charge on any atom is -0.260 e. The van der Waals surface area contributed by atoms with Crippen molar-refractivity contribution in [2.75, 3.05) is 6.26 Å². The third-order valence-electron chi connectivity index (χ3n) is 2.18. The van der Waals surface area contributed by atoms with E-state index in [1.54, 1.807) is 6.07 Å². The Morgan fingerprint density at radius 2 is 1.93 bits per heavy atom. The molecule has 4 heteroatoms. The van der Waals surface area contributed by atoms with Gasteiger partial charge in [0, 0.05) is 18.1 Å². The maximum absolute atomic E-state index is 11.3. The van der Waals surface area contributed by atoms with Crippen LogP contribution in [0.2, 0.25) is 0 Å². The second-order valence-electron chi connectivity index (χ2n) is 3.26. The monoisotopic (exact) mass is 213 g/mol. The smallest absolute Gasteiger partial charge is 0.177 e. The van der Waals surface area contributed by atoms with E-state index in [2.05, 4.69) is 4.98 Å². The van der Waals surface area contributed by atoms with Crippen LogP contribution in [0.4, 0.5) is 0 Å². The summed E-state index contributed by atoms with van der Waals surface area (Å²) in [6, 6.07) is 1.72. The SMILES string of the molecule is CCc1cc(S(C)(=O)=O)cnc1CC. The maximum atomic E-state index is 11.3. The van der Waals surface area contributed by atoms with Gasteiger partial charge in [-0.25, -0.2) is 8.42 Å². The summed E-state index contributed by atoms with van der Waals surface area (Å²) in [5, 5.41) is 0. The van der Waals surface area contributed by atoms with Gasteiger partial charge in [-0.3, -0.25) is 4.98 Å². The zero-order valence-corrected chi connectivity index (χ0v) is 9.56. The fraction of sp³-hybridized carbons (Fsp3) is 0.500. The molecule has 78 valence electrons. The van der Waals surface area contributed by atoms with E-state index in [1.807, 2.05) is 13.8 Å². The van der Waals surface area contributed by atoms with Crippen LogP contribution in [0.15, 0.2) is 17.2 Å². The van der Waals surface area contributed by atoms with Gasteiger partial charge in [-0.1, -0.05) is 13.8 Å². The molecule has 1 heterocycles. The first kappa shape index (κ1) is 11.2. The Morgan fingerprint density at radius 1 is 1.29 bits per heavy atom. The van der Waals surface area contributed by atoms with Gasteiger partial charge < -0.3 is 0 Å². The highest BCUT2D eigenvalue weighted by Crippen LogP contribution is 2.14. The number of aryl methyl sites for hydroxylation is 2. The molecule has 0 aliphatic rings. The van der Waals surface area contributed by atoms with Crippen LogP contribution in [0, 0.1) is 0 Å². The van der Waals surface area contributed by atoms with Gasteiger partial charge in [0.05, 0.1) is 4.90 Å². The third kappa shape index (κ3) is 2.32. The Balaban J connectivity index is 3.28. The molecule has 0 atom stereocenters. The summed E-state index contributed by atoms with van der Waals surface area (Å²) < 4.78 is 22.5. The largest absolute Gasteiger partial charge is 0.260 e. The summed E-state index contributed by atoms with van der Waals surface area (Å²) in [5.41, 5.74) is 2.01. The van der Waals surface area contributed by atoms with Crippen LogP contribution in [-0.2, 0) is 22.7 Å². The molecule has 1 rings (SSSR count). The van der Waals surface area contributed by atoms with Gasteiger partial charge >= 0.3 is 0 Å². The lowest BCUT2D eigenvalue weighted by atomic mass is 10.1. The number of pyridine rings is 1. The van der Waals surface area contributed by atoms with Crippen LogP contribution in [0.1, 0.15) is 25.1 Å². The molecule has 0 aromatic carbocycles. The highest BCUT2D eigenvalue weighted by molar-refractivity contribution is 7.90. The molecule has 0 N–H and O–H groups in total. The number of hydrogen-bond acceptors (Lipinski definition) is 3. The second-order valence-corrected chi connectivity index (χ2v) is 5.27. The van der Waals surface area contributed by atoms with Crippen molar-refractivity contribution in [3.05, 3.63) is 23.5 Å². The van der Waals surface area contributed by atoms with Crippen molar-refractivity contribution in [2.24, 2.45) is 0 Å². The highest BCUT2D eigenvalue weighted by atomic mass is 32.2. The van der Waals surface area contributed by atoms with Crippen molar-refractivity contribution in [1.29, 1.82) is 0 Å². The third-order valence-corrected chi connectivity index (χ3v) is 3.26. The predicted molar refractivity (Wildman–Crippen MR) is 56.1 cm³/mol. The molecule has 0 saturated carbocycles. The Morgan fingerprint density at radius 3 is 2.36 bits per heavy atom. The van der Waals surface area contributed by atoms with Gasteiger partial charge in [0.15, 0.2) is 9.84 Å². The molecule has 0 unspecified atom stereocenters. The zero-order valence-electron chi connectivity index (χ0n) is 8.74. The quantitative estimate of drug-likeness (QED) is 0.766. The Kier molecular flexibility index (Phi) is 3.26. The summed E-state index contributed by atoms with van der Waals surface area (Å²) in [4.78, 5) is 4.47. The molecule has 0 saturated heterocycles. The van der Waals surface area contributed by atoms with Crippen molar-refractivity contribution in [3.8, 4) is 0 Å². The number of hydrogen-bond donors (Lipinski definition) is 0. The topological polar surface area (TPSA) is 47.0 Å². The van der Waals surface area contributed by atoms with Crippen LogP contribution < -0.4 is 0 Å². The minimum atomic E-state index is -3.12. The van der Waals surface area contributed by atoms with Gasteiger partial charge in [-0.2, -0.15) is 0 Å². The van der Waals surface area contributed by atoms with Crippen molar-refractivity contribution >= 4 is 9.84 Å². The summed E-state index contributed by atoms with van der Waals surface area (Å²) in [5.74, 6) is 0. The molecule has 14 heavy (non-hydrogen) atoms. The van der Waals surface area contributed by atoms with E-state index in [0.29, 0.717) is 4.90 Å². The Bertz CT molecular complexity index is 424. The highest BCUT2D eigenvalue weighted by Gasteiger charge is 2.10. The Labute approximate surface area is 85.1 Å². The molecular formula is C10H15NO2S. The average molecular weight is 213 g/mol. The lowest BCUT2D eigenvalue weighted by Gasteiger charge is -2.06. The van der Waals surface area contributed by atoms with Crippen LogP contribution in [0.25, 0.3) is 0 Å². The molecular weight excluding hydrogens is 198 g/mol. The van der Waals surface area contributed by atoms with E-state index >= 15 is 0 Å². The summed E-state index contributed by atoms with van der Waals surface area (Å²) in [6.45, 7) is 4.02. The van der Waals surface area contributed by atoms with Gasteiger partial charge in [0.1, 0.15) is 0 Å². The summed E-state index contributed by atoms with van der Waals surface area (Å²) >= 11 is 0. The molecule has 3 nitrogen and oxygen atoms in total. The summed E-state index contributed by atoms with van der Waals surface area (Å²) in [7, 11) is -3.12. The van der Waals surface area contributed by atoms with Gasteiger partial charge in [-0.05, 0) is 24.5 Å². The van der Waals surface area contributed by atoms with Crippen LogP contribution in [0.3, 0.4) is 0 Å². The van der Waals surface area contributed by atoms with E-state index in [1.165, 1.54) is 12.5 Å². The molecule has 0 amide bonds. The van der Waals surface area contributed by atoms with Gasteiger partial charge in [0.25, 0.3) is 0 Å². The molecule has 1 aromatic heterocycles. The molecule has 0 aliphatic heterocycles. The fourth-order valence-corrected chi connectivity index (χ4v) is 1.94. The first-order chi connectivity index (χ1) is 6.49. The first-order valence-electron chi connectivity index (χ1n) is 4.66. The molecule has 0 fully saturated rings. The van der Waals surface area contributed by atoms with E-state index in [4.69, 9.17) is 0 Å². The van der Waals surface area contributed by atoms with Crippen LogP contribution in [-0.4, -0.2) is 19.7 Å². The standard InChI is InChI=1S/C10H15NO2S/c1-4-8-6-9(14(3,12)13)7-11-10(8)5-2/h6-7H,4-5H2,1-3H3. The number of sulfone groups is 1. The maximum Gasteiger partial charge on any atom is 0.177 e. The average Bonchev–Trinajstić information content (AvgIpc) is 2.15. The number of rotatable bonds is 3. The van der Waals surface area contributed by atoms with Crippen molar-refractivity contribution in [2.45, 2.75) is 31.6 Å². The minimum absolute atomic E-state index is 0.312. The number of aromatic nitrogens is 1. The Hall–Kier alpha value is -0.900. The summed E-state index contributed by atoms with van der Waals surface area (Å²) in [6.07, 6.45) is 4.30. The molecule has 1 aromatic rings. The zero-order chi connectivity index (χ0) is 10.8. The van der Waals surface area contributed by atoms with Gasteiger partial charge in [0.2, 0.25) is 0 Å². The predicted octanol–water partition coefficient (Wildman–Crippen LogP) is 1.61. The van der Waals surface area contributed by atoms with Crippen molar-refractivity contribution in [3.63, 3.8) is 0 Å². The molecule has 0 bridgehead atoms. The van der Waals surface area contributed by atoms with E-state index in [9.17, 15) is 8.42 Å². The van der Waals surface area contributed by atoms with Crippen molar-refractivity contribution in [1.82, 2.24) is 4.98 Å². The van der Waals surface area contributed by atoms with Gasteiger partial charge in [-0.15, -0.1) is 0 Å². The van der Waals surface area contributed by atoms with Crippen LogP contribution >= 0.6 is 0 Å². The fourth-order valence-electron chi connectivity index (χ4n) is 1.34. The number of nitrogens with zero attached hydrogens (tertiary/aromatic N) is 1. The van der Waals surface area contributed by atoms with Crippen molar-refractivity contribution < 1.29 is 8.42 Å². The second kappa shape index (κ2) is 4.09. The molecule has 0 radical (unpaired) electrons.